The molecule has 0 heterocycles. The van der Waals surface area contributed by atoms with Crippen molar-refractivity contribution < 1.29 is 4.74 Å². The molecule has 0 saturated carbocycles. The summed E-state index contributed by atoms with van der Waals surface area (Å²) < 4.78 is 5.11. The van der Waals surface area contributed by atoms with E-state index in [1.165, 1.54) is 11.1 Å². The maximum atomic E-state index is 6.24. The molecule has 2 atom stereocenters. The Morgan fingerprint density at radius 1 is 1.35 bits per heavy atom. The van der Waals surface area contributed by atoms with Crippen LogP contribution in [0, 0.1) is 6.92 Å². The highest BCUT2D eigenvalue weighted by molar-refractivity contribution is 7.99. The summed E-state index contributed by atoms with van der Waals surface area (Å²) in [6.45, 7) is 5.08. The topological polar surface area (TPSA) is 35.2 Å². The van der Waals surface area contributed by atoms with Crippen LogP contribution in [-0.4, -0.2) is 25.5 Å². The molecular weight excluding hydrogens is 230 g/mol. The number of benzene rings is 1. The van der Waals surface area contributed by atoms with Gasteiger partial charge in [0.1, 0.15) is 0 Å². The smallest absolute Gasteiger partial charge is 0.0553 e. The van der Waals surface area contributed by atoms with E-state index in [4.69, 9.17) is 10.5 Å². The molecule has 0 aliphatic rings. The van der Waals surface area contributed by atoms with Crippen LogP contribution < -0.4 is 5.73 Å². The van der Waals surface area contributed by atoms with Gasteiger partial charge in [-0.3, -0.25) is 0 Å². The first-order chi connectivity index (χ1) is 8.20. The number of aryl methyl sites for hydroxylation is 1. The predicted molar refractivity (Wildman–Crippen MR) is 76.5 cm³/mol. The second-order valence-corrected chi connectivity index (χ2v) is 5.46. The van der Waals surface area contributed by atoms with Crippen molar-refractivity contribution >= 4 is 11.8 Å². The molecule has 0 aliphatic heterocycles. The van der Waals surface area contributed by atoms with Crippen LogP contribution in [-0.2, 0) is 4.74 Å². The molecule has 0 aromatic heterocycles. The van der Waals surface area contributed by atoms with Crippen LogP contribution in [0.3, 0.4) is 0 Å². The number of rotatable bonds is 7. The highest BCUT2D eigenvalue weighted by Crippen LogP contribution is 2.34. The Balaban J connectivity index is 2.79. The SMILES string of the molecule is CCC(N)C(SCCOC)c1ccccc1C. The summed E-state index contributed by atoms with van der Waals surface area (Å²) in [5.41, 5.74) is 8.93. The summed E-state index contributed by atoms with van der Waals surface area (Å²) in [6.07, 6.45) is 0.999. The first kappa shape index (κ1) is 14.6. The summed E-state index contributed by atoms with van der Waals surface area (Å²) >= 11 is 1.90. The third kappa shape index (κ3) is 4.34. The van der Waals surface area contributed by atoms with Gasteiger partial charge in [-0.15, -0.1) is 11.8 Å². The molecule has 0 aliphatic carbocycles. The van der Waals surface area contributed by atoms with Gasteiger partial charge >= 0.3 is 0 Å². The third-order valence-corrected chi connectivity index (χ3v) is 4.31. The number of ether oxygens (including phenoxy) is 1. The minimum Gasteiger partial charge on any atom is -0.384 e. The average molecular weight is 253 g/mol. The van der Waals surface area contributed by atoms with Crippen molar-refractivity contribution in [1.29, 1.82) is 0 Å². The first-order valence-corrected chi connectivity index (χ1v) is 7.17. The molecule has 0 spiro atoms. The van der Waals surface area contributed by atoms with Crippen LogP contribution in [0.2, 0.25) is 0 Å². The summed E-state index contributed by atoms with van der Waals surface area (Å²) in [4.78, 5) is 0. The maximum absolute atomic E-state index is 6.24. The molecule has 3 heteroatoms. The molecule has 0 amide bonds. The fraction of sp³-hybridized carbons (Fsp3) is 0.571. The minimum absolute atomic E-state index is 0.206. The first-order valence-electron chi connectivity index (χ1n) is 6.12. The quantitative estimate of drug-likeness (QED) is 0.758. The van der Waals surface area contributed by atoms with Gasteiger partial charge in [-0.25, -0.2) is 0 Å². The molecule has 0 saturated heterocycles. The molecule has 17 heavy (non-hydrogen) atoms. The minimum atomic E-state index is 0.206. The Bertz CT molecular complexity index is 330. The molecular formula is C14H23NOS. The average Bonchev–Trinajstić information content (AvgIpc) is 2.35. The van der Waals surface area contributed by atoms with Gasteiger partial charge in [0.15, 0.2) is 0 Å². The number of nitrogens with two attached hydrogens (primary N) is 1. The standard InChI is InChI=1S/C14H23NOS/c1-4-13(15)14(17-10-9-16-3)12-8-6-5-7-11(12)2/h5-8,13-14H,4,9-10,15H2,1-3H3. The van der Waals surface area contributed by atoms with Crippen LogP contribution in [0.1, 0.15) is 29.7 Å². The lowest BCUT2D eigenvalue weighted by Crippen LogP contribution is -2.26. The van der Waals surface area contributed by atoms with Crippen molar-refractivity contribution in [2.75, 3.05) is 19.5 Å². The zero-order valence-corrected chi connectivity index (χ0v) is 11.8. The Hall–Kier alpha value is -0.510. The molecule has 2 unspecified atom stereocenters. The van der Waals surface area contributed by atoms with Crippen molar-refractivity contribution in [1.82, 2.24) is 0 Å². The van der Waals surface area contributed by atoms with Gasteiger partial charge in [0.25, 0.3) is 0 Å². The summed E-state index contributed by atoms with van der Waals surface area (Å²) in [7, 11) is 1.74. The molecule has 96 valence electrons. The molecule has 0 bridgehead atoms. The molecule has 2 nitrogen and oxygen atoms in total. The second-order valence-electron chi connectivity index (χ2n) is 4.21. The van der Waals surface area contributed by atoms with E-state index in [0.29, 0.717) is 5.25 Å². The van der Waals surface area contributed by atoms with Crippen molar-refractivity contribution in [3.05, 3.63) is 35.4 Å². The van der Waals surface area contributed by atoms with Crippen molar-refractivity contribution in [3.8, 4) is 0 Å². The van der Waals surface area contributed by atoms with Crippen molar-refractivity contribution in [3.63, 3.8) is 0 Å². The largest absolute Gasteiger partial charge is 0.384 e. The normalized spacial score (nSPS) is 14.6. The summed E-state index contributed by atoms with van der Waals surface area (Å²) in [5, 5.41) is 0.372. The molecule has 0 radical (unpaired) electrons. The number of hydrogen-bond donors (Lipinski definition) is 1. The fourth-order valence-corrected chi connectivity index (χ4v) is 3.22. The molecule has 1 aromatic rings. The number of hydrogen-bond acceptors (Lipinski definition) is 3. The third-order valence-electron chi connectivity index (χ3n) is 2.94. The Labute approximate surface area is 109 Å². The summed E-state index contributed by atoms with van der Waals surface area (Å²) in [6, 6.07) is 8.72. The van der Waals surface area contributed by atoms with E-state index in [1.54, 1.807) is 7.11 Å². The van der Waals surface area contributed by atoms with E-state index in [0.717, 1.165) is 18.8 Å². The number of methoxy groups -OCH3 is 1. The van der Waals surface area contributed by atoms with E-state index in [9.17, 15) is 0 Å². The monoisotopic (exact) mass is 253 g/mol. The van der Waals surface area contributed by atoms with E-state index >= 15 is 0 Å². The Kier molecular flexibility index (Phi) is 6.63. The lowest BCUT2D eigenvalue weighted by Gasteiger charge is -2.24. The van der Waals surface area contributed by atoms with Gasteiger partial charge in [-0.1, -0.05) is 31.2 Å². The Morgan fingerprint density at radius 3 is 2.65 bits per heavy atom. The molecule has 1 aromatic carbocycles. The van der Waals surface area contributed by atoms with E-state index < -0.39 is 0 Å². The highest BCUT2D eigenvalue weighted by Gasteiger charge is 2.20. The zero-order chi connectivity index (χ0) is 12.7. The lowest BCUT2D eigenvalue weighted by molar-refractivity contribution is 0.218. The van der Waals surface area contributed by atoms with Crippen molar-refractivity contribution in [2.45, 2.75) is 31.6 Å². The van der Waals surface area contributed by atoms with Gasteiger partial charge in [0.05, 0.1) is 6.61 Å². The highest BCUT2D eigenvalue weighted by atomic mass is 32.2. The zero-order valence-electron chi connectivity index (χ0n) is 11.0. The fourth-order valence-electron chi connectivity index (χ4n) is 1.82. The number of thioether (sulfide) groups is 1. The van der Waals surface area contributed by atoms with E-state index in [-0.39, 0.29) is 6.04 Å². The van der Waals surface area contributed by atoms with Crippen LogP contribution in [0.25, 0.3) is 0 Å². The van der Waals surface area contributed by atoms with E-state index in [1.807, 2.05) is 11.8 Å². The second kappa shape index (κ2) is 7.75. The Morgan fingerprint density at radius 2 is 2.06 bits per heavy atom. The van der Waals surface area contributed by atoms with Gasteiger partial charge in [-0.2, -0.15) is 0 Å². The van der Waals surface area contributed by atoms with Crippen molar-refractivity contribution in [2.24, 2.45) is 5.73 Å². The molecule has 0 fully saturated rings. The van der Waals surface area contributed by atoms with Crippen LogP contribution in [0.5, 0.6) is 0 Å². The lowest BCUT2D eigenvalue weighted by atomic mass is 10.00. The van der Waals surface area contributed by atoms with Gasteiger partial charge in [-0.05, 0) is 24.5 Å². The van der Waals surface area contributed by atoms with Crippen LogP contribution in [0.4, 0.5) is 0 Å². The molecule has 1 rings (SSSR count). The predicted octanol–water partition coefficient (Wildman–Crippen LogP) is 3.15. The van der Waals surface area contributed by atoms with Crippen LogP contribution in [0.15, 0.2) is 24.3 Å². The van der Waals surface area contributed by atoms with Gasteiger partial charge in [0, 0.05) is 24.2 Å². The molecule has 2 N–H and O–H groups in total. The van der Waals surface area contributed by atoms with Crippen LogP contribution >= 0.6 is 11.8 Å². The van der Waals surface area contributed by atoms with Gasteiger partial charge in [0.2, 0.25) is 0 Å². The van der Waals surface area contributed by atoms with E-state index in [2.05, 4.69) is 38.1 Å². The summed E-state index contributed by atoms with van der Waals surface area (Å²) in [5.74, 6) is 0.989. The maximum Gasteiger partial charge on any atom is 0.0553 e. The van der Waals surface area contributed by atoms with Gasteiger partial charge < -0.3 is 10.5 Å².